The van der Waals surface area contributed by atoms with Gasteiger partial charge in [-0.1, -0.05) is 11.2 Å². The molecule has 3 aliphatic rings. The number of oxime groups is 1. The molecule has 0 bridgehead atoms. The van der Waals surface area contributed by atoms with Gasteiger partial charge in [-0.2, -0.15) is 0 Å². The quantitative estimate of drug-likeness (QED) is 0.338. The lowest BCUT2D eigenvalue weighted by Gasteiger charge is -2.32. The van der Waals surface area contributed by atoms with Crippen molar-refractivity contribution >= 4 is 45.4 Å². The van der Waals surface area contributed by atoms with Crippen LogP contribution in [-0.4, -0.2) is 46.9 Å². The molecule has 2 aliphatic heterocycles. The first-order valence-electron chi connectivity index (χ1n) is 13.2. The highest BCUT2D eigenvalue weighted by atomic mass is 32.1. The predicted octanol–water partition coefficient (Wildman–Crippen LogP) is 6.49. The molecule has 0 unspecified atom stereocenters. The number of ether oxygens (including phenoxy) is 2. The number of imidazole rings is 1. The van der Waals surface area contributed by atoms with Crippen LogP contribution in [0.5, 0.6) is 0 Å². The molecular weight excluding hydrogens is 522 g/mol. The minimum Gasteiger partial charge on any atom is -0.468 e. The Balaban J connectivity index is 1.48. The number of rotatable bonds is 5. The van der Waals surface area contributed by atoms with E-state index in [1.165, 1.54) is 6.07 Å². The number of anilines is 1. The molecule has 2 fully saturated rings. The number of hydrogen-bond acceptors (Lipinski definition) is 6. The van der Waals surface area contributed by atoms with E-state index in [0.717, 1.165) is 77.1 Å². The number of allylic oxidation sites excluding steroid dienone is 1. The van der Waals surface area contributed by atoms with Crippen LogP contribution in [0, 0.1) is 11.6 Å². The zero-order valence-electron chi connectivity index (χ0n) is 22.1. The number of thiocarbonyl (C=S) groups is 1. The SMILES string of the molecule is COC1CCC(n2c([C@@H]3COC(=S)N3c3ccc(F)c(F)c3)nc3cc(C4=C(C)CON=C4C)ccc32)CC1. The van der Waals surface area contributed by atoms with Gasteiger partial charge in [0, 0.05) is 30.5 Å². The van der Waals surface area contributed by atoms with Crippen LogP contribution < -0.4 is 4.90 Å². The molecule has 1 atom stereocenters. The summed E-state index contributed by atoms with van der Waals surface area (Å²) in [5.74, 6) is -1.06. The van der Waals surface area contributed by atoms with Gasteiger partial charge in [0.1, 0.15) is 25.1 Å². The Morgan fingerprint density at radius 2 is 1.82 bits per heavy atom. The molecule has 204 valence electrons. The van der Waals surface area contributed by atoms with Crippen molar-refractivity contribution in [2.75, 3.05) is 25.2 Å². The third-order valence-corrected chi connectivity index (χ3v) is 8.29. The molecule has 0 radical (unpaired) electrons. The monoisotopic (exact) mass is 552 g/mol. The van der Waals surface area contributed by atoms with Gasteiger partial charge in [0.25, 0.3) is 5.17 Å². The van der Waals surface area contributed by atoms with Gasteiger partial charge in [0.15, 0.2) is 11.6 Å². The molecule has 6 rings (SSSR count). The molecule has 10 heteroatoms. The first-order valence-corrected chi connectivity index (χ1v) is 13.6. The van der Waals surface area contributed by atoms with Crippen LogP contribution in [0.2, 0.25) is 0 Å². The number of hydrogen-bond donors (Lipinski definition) is 0. The number of methoxy groups -OCH3 is 1. The first kappa shape index (κ1) is 25.9. The molecule has 0 spiro atoms. The summed E-state index contributed by atoms with van der Waals surface area (Å²) in [5.41, 5.74) is 6.32. The normalized spacial score (nSPS) is 23.7. The fourth-order valence-electron chi connectivity index (χ4n) is 6.07. The Hall–Kier alpha value is -3.37. The highest BCUT2D eigenvalue weighted by molar-refractivity contribution is 7.80. The molecule has 0 amide bonds. The Bertz CT molecular complexity index is 1510. The summed E-state index contributed by atoms with van der Waals surface area (Å²) < 4.78 is 41.7. The van der Waals surface area contributed by atoms with Gasteiger partial charge >= 0.3 is 0 Å². The van der Waals surface area contributed by atoms with Gasteiger partial charge in [0.2, 0.25) is 0 Å². The van der Waals surface area contributed by atoms with Gasteiger partial charge in [-0.25, -0.2) is 13.8 Å². The van der Waals surface area contributed by atoms with Gasteiger partial charge in [-0.15, -0.1) is 0 Å². The lowest BCUT2D eigenvalue weighted by atomic mass is 9.92. The molecule has 3 heterocycles. The smallest absolute Gasteiger partial charge is 0.264 e. The maximum atomic E-state index is 14.2. The number of halogens is 2. The van der Waals surface area contributed by atoms with Crippen LogP contribution in [0.25, 0.3) is 16.6 Å². The third kappa shape index (κ3) is 4.59. The summed E-state index contributed by atoms with van der Waals surface area (Å²) in [5, 5.41) is 4.40. The fraction of sp³-hybridized carbons (Fsp3) is 0.414. The van der Waals surface area contributed by atoms with Crippen LogP contribution in [0.1, 0.15) is 63.0 Å². The first-order chi connectivity index (χ1) is 18.9. The van der Waals surface area contributed by atoms with Crippen LogP contribution in [-0.2, 0) is 14.3 Å². The Labute approximate surface area is 231 Å². The minimum absolute atomic E-state index is 0.204. The van der Waals surface area contributed by atoms with E-state index in [-0.39, 0.29) is 23.9 Å². The van der Waals surface area contributed by atoms with Crippen LogP contribution >= 0.6 is 12.2 Å². The maximum Gasteiger partial charge on any atom is 0.264 e. The van der Waals surface area contributed by atoms with Crippen LogP contribution in [0.4, 0.5) is 14.5 Å². The van der Waals surface area contributed by atoms with Gasteiger partial charge < -0.3 is 18.9 Å². The second kappa shape index (κ2) is 10.3. The molecular formula is C29H30F2N4O3S. The molecule has 2 aromatic carbocycles. The van der Waals surface area contributed by atoms with Crippen molar-refractivity contribution in [1.82, 2.24) is 9.55 Å². The zero-order valence-corrected chi connectivity index (χ0v) is 22.9. The molecule has 39 heavy (non-hydrogen) atoms. The molecule has 0 N–H and O–H groups in total. The average Bonchev–Trinajstić information content (AvgIpc) is 3.50. The van der Waals surface area contributed by atoms with E-state index >= 15 is 0 Å². The topological polar surface area (TPSA) is 61.1 Å². The van der Waals surface area contributed by atoms with E-state index in [9.17, 15) is 8.78 Å². The number of nitrogens with zero attached hydrogens (tertiary/aromatic N) is 4. The molecule has 1 aromatic heterocycles. The van der Waals surface area contributed by atoms with Crippen LogP contribution in [0.15, 0.2) is 47.1 Å². The second-order valence-corrected chi connectivity index (χ2v) is 10.7. The van der Waals surface area contributed by atoms with Crippen LogP contribution in [0.3, 0.4) is 0 Å². The van der Waals surface area contributed by atoms with Crippen molar-refractivity contribution < 1.29 is 23.1 Å². The minimum atomic E-state index is -0.936. The van der Waals surface area contributed by atoms with Crippen molar-refractivity contribution in [2.24, 2.45) is 5.16 Å². The Morgan fingerprint density at radius 3 is 2.54 bits per heavy atom. The summed E-state index contributed by atoms with van der Waals surface area (Å²) in [6.07, 6.45) is 4.03. The third-order valence-electron chi connectivity index (χ3n) is 7.97. The summed E-state index contributed by atoms with van der Waals surface area (Å²) in [7, 11) is 1.76. The fourth-order valence-corrected chi connectivity index (χ4v) is 6.37. The standard InChI is InChI=1S/C29H30F2N4O3S/c1-16-14-38-33-17(2)27(16)18-4-11-25-24(12-18)32-28(34(25)19-5-8-21(36-3)9-6-19)26-15-37-29(39)35(26)20-7-10-22(30)23(31)13-20/h4,7,10-13,19,21,26H,5-6,8-9,14-15H2,1-3H3/t19?,21?,26-/m0/s1. The van der Waals surface area contributed by atoms with E-state index in [4.69, 9.17) is 31.5 Å². The lowest BCUT2D eigenvalue weighted by Crippen LogP contribution is -2.31. The van der Waals surface area contributed by atoms with E-state index < -0.39 is 17.7 Å². The Kier molecular flexibility index (Phi) is 6.84. The van der Waals surface area contributed by atoms with E-state index in [0.29, 0.717) is 12.3 Å². The zero-order chi connectivity index (χ0) is 27.3. The summed E-state index contributed by atoms with van der Waals surface area (Å²) in [6.45, 7) is 4.70. The van der Waals surface area contributed by atoms with Crippen molar-refractivity contribution in [3.63, 3.8) is 0 Å². The highest BCUT2D eigenvalue weighted by Gasteiger charge is 2.38. The van der Waals surface area contributed by atoms with Gasteiger partial charge in [-0.3, -0.25) is 4.90 Å². The number of fused-ring (bicyclic) bond motifs is 1. The second-order valence-electron chi connectivity index (χ2n) is 10.4. The van der Waals surface area contributed by atoms with Crippen molar-refractivity contribution in [3.05, 3.63) is 65.0 Å². The molecule has 3 aromatic rings. The van der Waals surface area contributed by atoms with Crippen molar-refractivity contribution in [2.45, 2.75) is 57.7 Å². The average molecular weight is 553 g/mol. The van der Waals surface area contributed by atoms with Gasteiger partial charge in [0.05, 0.1) is 22.8 Å². The van der Waals surface area contributed by atoms with E-state index in [1.54, 1.807) is 12.0 Å². The number of benzene rings is 2. The summed E-state index contributed by atoms with van der Waals surface area (Å²) in [6, 6.07) is 9.90. The summed E-state index contributed by atoms with van der Waals surface area (Å²) in [4.78, 5) is 12.2. The molecule has 1 saturated carbocycles. The highest BCUT2D eigenvalue weighted by Crippen LogP contribution is 2.40. The molecule has 1 saturated heterocycles. The Morgan fingerprint density at radius 1 is 1.03 bits per heavy atom. The maximum absolute atomic E-state index is 14.2. The van der Waals surface area contributed by atoms with Crippen molar-refractivity contribution in [3.8, 4) is 0 Å². The summed E-state index contributed by atoms with van der Waals surface area (Å²) >= 11 is 5.52. The van der Waals surface area contributed by atoms with E-state index in [2.05, 4.69) is 27.9 Å². The predicted molar refractivity (Wildman–Crippen MR) is 150 cm³/mol. The van der Waals surface area contributed by atoms with Crippen molar-refractivity contribution in [1.29, 1.82) is 0 Å². The lowest BCUT2D eigenvalue weighted by molar-refractivity contribution is 0.0584. The van der Waals surface area contributed by atoms with Gasteiger partial charge in [-0.05, 0) is 87.2 Å². The largest absolute Gasteiger partial charge is 0.468 e. The number of aromatic nitrogens is 2. The molecule has 7 nitrogen and oxygen atoms in total. The molecule has 1 aliphatic carbocycles. The van der Waals surface area contributed by atoms with E-state index in [1.807, 2.05) is 13.8 Å².